The fraction of sp³-hybridized carbons (Fsp3) is 0.0588. The highest BCUT2D eigenvalue weighted by molar-refractivity contribution is 6.06. The van der Waals surface area contributed by atoms with Crippen LogP contribution in [0.4, 0.5) is 0 Å². The first-order chi connectivity index (χ1) is 9.84. The van der Waals surface area contributed by atoms with Crippen molar-refractivity contribution in [2.24, 2.45) is 0 Å². The molecule has 0 bridgehead atoms. The molecule has 3 heteroatoms. The van der Waals surface area contributed by atoms with Gasteiger partial charge >= 0.3 is 0 Å². The van der Waals surface area contributed by atoms with Crippen molar-refractivity contribution in [1.82, 2.24) is 14.5 Å². The van der Waals surface area contributed by atoms with Crippen LogP contribution in [0.5, 0.6) is 0 Å². The maximum absolute atomic E-state index is 4.56. The van der Waals surface area contributed by atoms with Crippen LogP contribution in [0, 0.1) is 6.92 Å². The second-order valence-electron chi connectivity index (χ2n) is 4.92. The first-order valence-electron chi connectivity index (χ1n) is 6.62. The fourth-order valence-electron chi connectivity index (χ4n) is 2.62. The summed E-state index contributed by atoms with van der Waals surface area (Å²) in [5.74, 6) is 0.926. The normalized spacial score (nSPS) is 11.2. The Bertz CT molecular complexity index is 851. The van der Waals surface area contributed by atoms with E-state index in [4.69, 9.17) is 0 Å². The number of pyridine rings is 2. The molecule has 4 rings (SSSR count). The van der Waals surface area contributed by atoms with Gasteiger partial charge in [0.05, 0.1) is 16.6 Å². The third-order valence-electron chi connectivity index (χ3n) is 3.55. The fourth-order valence-corrected chi connectivity index (χ4v) is 2.62. The van der Waals surface area contributed by atoms with E-state index >= 15 is 0 Å². The van der Waals surface area contributed by atoms with E-state index in [0.717, 1.165) is 33.3 Å². The van der Waals surface area contributed by atoms with E-state index in [9.17, 15) is 0 Å². The lowest BCUT2D eigenvalue weighted by molar-refractivity contribution is 1.07. The zero-order valence-electron chi connectivity index (χ0n) is 11.1. The first-order valence-corrected chi connectivity index (χ1v) is 6.62. The second-order valence-corrected chi connectivity index (χ2v) is 4.92. The highest BCUT2D eigenvalue weighted by Gasteiger charge is 2.12. The third-order valence-corrected chi connectivity index (χ3v) is 3.55. The standard InChI is InChI=1S/C17H13N3/c1-12-8-9-16(19-11-12)20-14-6-3-2-5-13(14)17-15(20)7-4-10-18-17/h2-11H,1H3. The van der Waals surface area contributed by atoms with E-state index < -0.39 is 0 Å². The summed E-state index contributed by atoms with van der Waals surface area (Å²) in [6.07, 6.45) is 3.73. The van der Waals surface area contributed by atoms with Crippen LogP contribution in [0.25, 0.3) is 27.8 Å². The molecule has 0 saturated heterocycles. The van der Waals surface area contributed by atoms with Crippen molar-refractivity contribution in [3.63, 3.8) is 0 Å². The molecule has 3 aromatic heterocycles. The minimum Gasteiger partial charge on any atom is -0.292 e. The number of nitrogens with zero attached hydrogens (tertiary/aromatic N) is 3. The van der Waals surface area contributed by atoms with E-state index in [1.807, 2.05) is 43.6 Å². The highest BCUT2D eigenvalue weighted by Crippen LogP contribution is 2.29. The Kier molecular flexibility index (Phi) is 2.33. The lowest BCUT2D eigenvalue weighted by Crippen LogP contribution is -1.96. The quantitative estimate of drug-likeness (QED) is 0.519. The molecule has 0 spiro atoms. The van der Waals surface area contributed by atoms with Crippen LogP contribution in [-0.2, 0) is 0 Å². The molecule has 0 amide bonds. The van der Waals surface area contributed by atoms with Gasteiger partial charge in [0.1, 0.15) is 5.82 Å². The zero-order chi connectivity index (χ0) is 13.5. The van der Waals surface area contributed by atoms with Gasteiger partial charge in [-0.2, -0.15) is 0 Å². The summed E-state index contributed by atoms with van der Waals surface area (Å²) in [4.78, 5) is 9.08. The average molecular weight is 259 g/mol. The topological polar surface area (TPSA) is 30.7 Å². The van der Waals surface area contributed by atoms with Gasteiger partial charge in [-0.3, -0.25) is 9.55 Å². The molecule has 0 aliphatic rings. The van der Waals surface area contributed by atoms with Gasteiger partial charge in [-0.15, -0.1) is 0 Å². The van der Waals surface area contributed by atoms with Crippen molar-refractivity contribution < 1.29 is 0 Å². The predicted octanol–water partition coefficient (Wildman–Crippen LogP) is 3.88. The molecule has 0 aliphatic carbocycles. The lowest BCUT2D eigenvalue weighted by Gasteiger charge is -2.06. The lowest BCUT2D eigenvalue weighted by atomic mass is 10.2. The summed E-state index contributed by atoms with van der Waals surface area (Å²) < 4.78 is 2.16. The molecule has 0 fully saturated rings. The summed E-state index contributed by atoms with van der Waals surface area (Å²) in [7, 11) is 0. The Hall–Kier alpha value is -2.68. The molecule has 0 N–H and O–H groups in total. The molecule has 4 aromatic rings. The smallest absolute Gasteiger partial charge is 0.137 e. The average Bonchev–Trinajstić information content (AvgIpc) is 2.83. The largest absolute Gasteiger partial charge is 0.292 e. The maximum atomic E-state index is 4.56. The SMILES string of the molecule is Cc1ccc(-n2c3ccccc3c3ncccc32)nc1. The number of hydrogen-bond donors (Lipinski definition) is 0. The van der Waals surface area contributed by atoms with Crippen LogP contribution in [0.15, 0.2) is 60.9 Å². The Morgan fingerprint density at radius 3 is 2.55 bits per heavy atom. The molecule has 0 unspecified atom stereocenters. The van der Waals surface area contributed by atoms with Gasteiger partial charge in [-0.1, -0.05) is 24.3 Å². The minimum atomic E-state index is 0.926. The van der Waals surface area contributed by atoms with E-state index in [1.165, 1.54) is 0 Å². The van der Waals surface area contributed by atoms with Gasteiger partial charge in [0, 0.05) is 17.8 Å². The van der Waals surface area contributed by atoms with Crippen molar-refractivity contribution >= 4 is 21.9 Å². The Balaban J connectivity index is 2.17. The van der Waals surface area contributed by atoms with Gasteiger partial charge in [-0.05, 0) is 36.8 Å². The number of fused-ring (bicyclic) bond motifs is 3. The summed E-state index contributed by atoms with van der Waals surface area (Å²) in [6, 6.07) is 16.5. The van der Waals surface area contributed by atoms with Crippen LogP contribution in [0.1, 0.15) is 5.56 Å². The predicted molar refractivity (Wildman–Crippen MR) is 81.1 cm³/mol. The molecule has 0 aliphatic heterocycles. The molecular weight excluding hydrogens is 246 g/mol. The summed E-state index contributed by atoms with van der Waals surface area (Å²) in [6.45, 7) is 2.05. The van der Waals surface area contributed by atoms with Gasteiger partial charge in [-0.25, -0.2) is 4.98 Å². The third kappa shape index (κ3) is 1.53. The summed E-state index contributed by atoms with van der Waals surface area (Å²) in [5.41, 5.74) is 4.40. The molecular formula is C17H13N3. The monoisotopic (exact) mass is 259 g/mol. The highest BCUT2D eigenvalue weighted by atomic mass is 15.1. The molecule has 0 radical (unpaired) electrons. The van der Waals surface area contributed by atoms with Crippen molar-refractivity contribution in [3.8, 4) is 5.82 Å². The van der Waals surface area contributed by atoms with E-state index in [-0.39, 0.29) is 0 Å². The van der Waals surface area contributed by atoms with E-state index in [2.05, 4.69) is 38.8 Å². The molecule has 0 atom stereocenters. The molecule has 3 heterocycles. The Morgan fingerprint density at radius 2 is 1.70 bits per heavy atom. The van der Waals surface area contributed by atoms with Crippen LogP contribution in [-0.4, -0.2) is 14.5 Å². The zero-order valence-corrected chi connectivity index (χ0v) is 11.1. The molecule has 0 saturated carbocycles. The minimum absolute atomic E-state index is 0.926. The van der Waals surface area contributed by atoms with Gasteiger partial charge in [0.15, 0.2) is 0 Å². The Labute approximate surface area is 116 Å². The van der Waals surface area contributed by atoms with Crippen LogP contribution < -0.4 is 0 Å². The van der Waals surface area contributed by atoms with Crippen LogP contribution in [0.3, 0.4) is 0 Å². The number of aryl methyl sites for hydroxylation is 1. The van der Waals surface area contributed by atoms with Gasteiger partial charge in [0.2, 0.25) is 0 Å². The van der Waals surface area contributed by atoms with Crippen LogP contribution in [0.2, 0.25) is 0 Å². The number of aromatic nitrogens is 3. The van der Waals surface area contributed by atoms with Crippen molar-refractivity contribution in [3.05, 3.63) is 66.5 Å². The van der Waals surface area contributed by atoms with Gasteiger partial charge < -0.3 is 0 Å². The van der Waals surface area contributed by atoms with Crippen LogP contribution >= 0.6 is 0 Å². The van der Waals surface area contributed by atoms with E-state index in [0.29, 0.717) is 0 Å². The second kappa shape index (κ2) is 4.17. The molecule has 3 nitrogen and oxygen atoms in total. The van der Waals surface area contributed by atoms with Crippen molar-refractivity contribution in [1.29, 1.82) is 0 Å². The summed E-state index contributed by atoms with van der Waals surface area (Å²) >= 11 is 0. The van der Waals surface area contributed by atoms with Crippen molar-refractivity contribution in [2.75, 3.05) is 0 Å². The number of benzene rings is 1. The Morgan fingerprint density at radius 1 is 0.850 bits per heavy atom. The number of hydrogen-bond acceptors (Lipinski definition) is 2. The number of rotatable bonds is 1. The van der Waals surface area contributed by atoms with Gasteiger partial charge in [0.25, 0.3) is 0 Å². The maximum Gasteiger partial charge on any atom is 0.137 e. The molecule has 1 aromatic carbocycles. The molecule has 96 valence electrons. The summed E-state index contributed by atoms with van der Waals surface area (Å²) in [5, 5.41) is 1.16. The van der Waals surface area contributed by atoms with Crippen molar-refractivity contribution in [2.45, 2.75) is 6.92 Å². The molecule has 20 heavy (non-hydrogen) atoms. The number of para-hydroxylation sites is 1. The van der Waals surface area contributed by atoms with E-state index in [1.54, 1.807) is 0 Å². The first kappa shape index (κ1) is 11.2.